The Morgan fingerprint density at radius 1 is 1.11 bits per heavy atom. The van der Waals surface area contributed by atoms with E-state index in [0.717, 1.165) is 11.3 Å². The Morgan fingerprint density at radius 3 is 2.46 bits per heavy atom. The van der Waals surface area contributed by atoms with E-state index >= 15 is 0 Å². The second-order valence-corrected chi connectivity index (χ2v) is 6.32. The van der Waals surface area contributed by atoms with Crippen LogP contribution in [0.1, 0.15) is 11.9 Å². The number of hydrogen-bond donors (Lipinski definition) is 2. The topological polar surface area (TPSA) is 109 Å². The molecule has 3 rings (SSSR count). The number of nitrogens with zero attached hydrogens (tertiary/aromatic N) is 4. The van der Waals surface area contributed by atoms with Crippen molar-refractivity contribution in [1.29, 1.82) is 0 Å². The number of azo groups is 1. The van der Waals surface area contributed by atoms with E-state index in [1.54, 1.807) is 31.2 Å². The molecule has 0 saturated heterocycles. The van der Waals surface area contributed by atoms with E-state index in [1.165, 1.54) is 0 Å². The van der Waals surface area contributed by atoms with Gasteiger partial charge in [0.1, 0.15) is 0 Å². The molecule has 0 unspecified atom stereocenters. The molecule has 1 heterocycles. The Bertz CT molecular complexity index is 987. The number of carbonyl (C=O) groups excluding carboxylic acids is 1. The molecule has 0 radical (unpaired) electrons. The summed E-state index contributed by atoms with van der Waals surface area (Å²) in [5.74, 6) is -0.998. The quantitative estimate of drug-likeness (QED) is 0.262. The van der Waals surface area contributed by atoms with Crippen molar-refractivity contribution in [2.45, 2.75) is 6.92 Å². The van der Waals surface area contributed by atoms with Crippen molar-refractivity contribution < 1.29 is 14.6 Å². The summed E-state index contributed by atoms with van der Waals surface area (Å²) in [4.78, 5) is 16.3. The summed E-state index contributed by atoms with van der Waals surface area (Å²) >= 11 is 0.983. The maximum Gasteiger partial charge on any atom is 0.361 e. The third-order valence-corrected chi connectivity index (χ3v) is 4.28. The largest absolute Gasteiger partial charge is 0.491 e. The number of anilines is 1. The van der Waals surface area contributed by atoms with Crippen molar-refractivity contribution in [3.63, 3.8) is 0 Å². The van der Waals surface area contributed by atoms with Gasteiger partial charge in [0.2, 0.25) is 10.7 Å². The number of esters is 1. The highest BCUT2D eigenvalue weighted by atomic mass is 32.1. The number of rotatable bonds is 7. The molecule has 0 atom stereocenters. The van der Waals surface area contributed by atoms with Crippen molar-refractivity contribution in [3.8, 4) is 5.88 Å². The van der Waals surface area contributed by atoms with Crippen molar-refractivity contribution >= 4 is 39.4 Å². The molecular formula is C19H17N5O3S. The van der Waals surface area contributed by atoms with E-state index < -0.39 is 5.97 Å². The third kappa shape index (κ3) is 4.98. The molecule has 142 valence electrons. The fraction of sp³-hybridized carbons (Fsp3) is 0.105. The summed E-state index contributed by atoms with van der Waals surface area (Å²) in [5.41, 5.74) is 4.04. The smallest absolute Gasteiger partial charge is 0.361 e. The lowest BCUT2D eigenvalue weighted by Gasteiger charge is -2.04. The Labute approximate surface area is 165 Å². The Kier molecular flexibility index (Phi) is 6.42. The first-order valence-electron chi connectivity index (χ1n) is 8.40. The van der Waals surface area contributed by atoms with Crippen LogP contribution >= 0.6 is 11.3 Å². The Hall–Kier alpha value is -3.59. The molecule has 9 heteroatoms. The first-order chi connectivity index (χ1) is 13.7. The van der Waals surface area contributed by atoms with Gasteiger partial charge < -0.3 is 9.84 Å². The predicted molar refractivity (Wildman–Crippen MR) is 108 cm³/mol. The molecule has 0 aliphatic rings. The van der Waals surface area contributed by atoms with E-state index in [-0.39, 0.29) is 28.2 Å². The van der Waals surface area contributed by atoms with Crippen LogP contribution < -0.4 is 5.43 Å². The lowest BCUT2D eigenvalue weighted by Crippen LogP contribution is -2.20. The molecule has 2 aromatic carbocycles. The van der Waals surface area contributed by atoms with E-state index in [1.807, 2.05) is 36.4 Å². The van der Waals surface area contributed by atoms with Gasteiger partial charge in [0, 0.05) is 0 Å². The van der Waals surface area contributed by atoms with E-state index in [4.69, 9.17) is 4.74 Å². The van der Waals surface area contributed by atoms with Gasteiger partial charge in [0.05, 0.1) is 18.0 Å². The lowest BCUT2D eigenvalue weighted by molar-refractivity contribution is -0.134. The second kappa shape index (κ2) is 9.38. The van der Waals surface area contributed by atoms with Crippen LogP contribution in [0.15, 0.2) is 76.0 Å². The third-order valence-electron chi connectivity index (χ3n) is 3.35. The molecule has 28 heavy (non-hydrogen) atoms. The van der Waals surface area contributed by atoms with Gasteiger partial charge in [-0.3, -0.25) is 5.43 Å². The van der Waals surface area contributed by atoms with E-state index in [9.17, 15) is 9.90 Å². The summed E-state index contributed by atoms with van der Waals surface area (Å²) in [6.45, 7) is 1.88. The number of benzene rings is 2. The minimum atomic E-state index is -0.661. The molecule has 0 bridgehead atoms. The van der Waals surface area contributed by atoms with Crippen molar-refractivity contribution in [1.82, 2.24) is 4.98 Å². The van der Waals surface area contributed by atoms with E-state index in [2.05, 4.69) is 25.7 Å². The average molecular weight is 395 g/mol. The maximum absolute atomic E-state index is 12.3. The molecule has 8 nitrogen and oxygen atoms in total. The van der Waals surface area contributed by atoms with Gasteiger partial charge in [-0.15, -0.1) is 10.2 Å². The molecule has 3 aromatic rings. The zero-order valence-electron chi connectivity index (χ0n) is 14.9. The number of aromatic nitrogens is 1. The van der Waals surface area contributed by atoms with Crippen LogP contribution in [0.25, 0.3) is 0 Å². The molecule has 0 fully saturated rings. The monoisotopic (exact) mass is 395 g/mol. The normalized spacial score (nSPS) is 11.5. The average Bonchev–Trinajstić information content (AvgIpc) is 3.08. The summed E-state index contributed by atoms with van der Waals surface area (Å²) in [6.07, 6.45) is 0. The number of thiazole rings is 1. The molecule has 2 N–H and O–H groups in total. The van der Waals surface area contributed by atoms with Crippen LogP contribution in [-0.2, 0) is 9.53 Å². The lowest BCUT2D eigenvalue weighted by atomic mass is 10.3. The number of para-hydroxylation sites is 1. The van der Waals surface area contributed by atoms with Gasteiger partial charge in [-0.1, -0.05) is 47.7 Å². The number of hydrazone groups is 1. The zero-order chi connectivity index (χ0) is 19.8. The molecule has 0 amide bonds. The van der Waals surface area contributed by atoms with Crippen LogP contribution in [0.3, 0.4) is 0 Å². The highest BCUT2D eigenvalue weighted by Crippen LogP contribution is 2.34. The summed E-state index contributed by atoms with van der Waals surface area (Å²) in [7, 11) is 0. The van der Waals surface area contributed by atoms with Crippen LogP contribution in [0.4, 0.5) is 16.4 Å². The van der Waals surface area contributed by atoms with Crippen LogP contribution in [0.5, 0.6) is 5.88 Å². The summed E-state index contributed by atoms with van der Waals surface area (Å²) in [6, 6.07) is 18.2. The molecule has 0 aliphatic carbocycles. The van der Waals surface area contributed by atoms with Gasteiger partial charge in [-0.05, 0) is 31.2 Å². The van der Waals surface area contributed by atoms with Gasteiger partial charge in [-0.25, -0.2) is 4.79 Å². The Morgan fingerprint density at radius 2 is 1.79 bits per heavy atom. The summed E-state index contributed by atoms with van der Waals surface area (Å²) < 4.78 is 5.05. The van der Waals surface area contributed by atoms with Crippen molar-refractivity contribution in [2.24, 2.45) is 15.3 Å². The predicted octanol–water partition coefficient (Wildman–Crippen LogP) is 4.64. The highest BCUT2D eigenvalue weighted by Gasteiger charge is 2.22. The van der Waals surface area contributed by atoms with Crippen LogP contribution in [0.2, 0.25) is 0 Å². The fourth-order valence-electron chi connectivity index (χ4n) is 2.08. The SMILES string of the molecule is CCOC(=O)/C(=N\Nc1ccccc1)c1nc(O)c(N=Nc2ccccc2)s1. The molecule has 0 spiro atoms. The molecule has 0 aliphatic heterocycles. The van der Waals surface area contributed by atoms with Crippen molar-refractivity contribution in [2.75, 3.05) is 12.0 Å². The number of aromatic hydroxyl groups is 1. The number of carbonyl (C=O) groups is 1. The minimum absolute atomic E-state index is 0.0628. The standard InChI is InChI=1S/C19H17N5O3S/c1-2-27-19(26)15(23-21-13-9-5-3-6-10-13)17-20-16(25)18(28-17)24-22-14-11-7-4-8-12-14/h3-12,21,25H,2H2,1H3/b23-15-,24-22?. The highest BCUT2D eigenvalue weighted by molar-refractivity contribution is 7.18. The second-order valence-electron chi connectivity index (χ2n) is 5.34. The maximum atomic E-state index is 12.3. The zero-order valence-corrected chi connectivity index (χ0v) is 15.8. The van der Waals surface area contributed by atoms with Gasteiger partial charge in [0.25, 0.3) is 5.88 Å². The number of nitrogens with one attached hydrogen (secondary N) is 1. The fourth-order valence-corrected chi connectivity index (χ4v) is 2.84. The van der Waals surface area contributed by atoms with E-state index in [0.29, 0.717) is 11.4 Å². The first-order valence-corrected chi connectivity index (χ1v) is 9.22. The van der Waals surface area contributed by atoms with Gasteiger partial charge in [0.15, 0.2) is 5.01 Å². The molecule has 1 aromatic heterocycles. The van der Waals surface area contributed by atoms with Crippen molar-refractivity contribution in [3.05, 3.63) is 65.7 Å². The molecular weight excluding hydrogens is 378 g/mol. The minimum Gasteiger partial charge on any atom is -0.491 e. The molecule has 0 saturated carbocycles. The summed E-state index contributed by atoms with van der Waals surface area (Å²) in [5, 5.41) is 22.6. The number of hydrogen-bond acceptors (Lipinski definition) is 9. The van der Waals surface area contributed by atoms with Gasteiger partial charge >= 0.3 is 5.97 Å². The first kappa shape index (κ1) is 19.2. The van der Waals surface area contributed by atoms with Crippen LogP contribution in [0, 0.1) is 0 Å². The van der Waals surface area contributed by atoms with Gasteiger partial charge in [-0.2, -0.15) is 10.1 Å². The number of ether oxygens (including phenoxy) is 1. The van der Waals surface area contributed by atoms with Crippen LogP contribution in [-0.4, -0.2) is 28.4 Å². The Balaban J connectivity index is 1.87.